The van der Waals surface area contributed by atoms with Gasteiger partial charge in [-0.3, -0.25) is 19.9 Å². The summed E-state index contributed by atoms with van der Waals surface area (Å²) < 4.78 is 0. The Morgan fingerprint density at radius 1 is 1.32 bits per heavy atom. The molecular formula is C18H24N4O3. The number of urea groups is 1. The Kier molecular flexibility index (Phi) is 4.76. The minimum absolute atomic E-state index is 0.152. The Hall–Kier alpha value is -2.41. The fourth-order valence-corrected chi connectivity index (χ4v) is 2.94. The van der Waals surface area contributed by atoms with Crippen molar-refractivity contribution in [3.63, 3.8) is 0 Å². The molecule has 1 saturated carbocycles. The van der Waals surface area contributed by atoms with Crippen LogP contribution in [0.5, 0.6) is 0 Å². The van der Waals surface area contributed by atoms with Crippen molar-refractivity contribution in [2.24, 2.45) is 0 Å². The molecule has 134 valence electrons. The van der Waals surface area contributed by atoms with E-state index < -0.39 is 17.5 Å². The molecule has 25 heavy (non-hydrogen) atoms. The summed E-state index contributed by atoms with van der Waals surface area (Å²) in [5, 5.41) is 3.43. The molecule has 7 nitrogen and oxygen atoms in total. The predicted octanol–water partition coefficient (Wildman–Crippen LogP) is 1.40. The highest BCUT2D eigenvalue weighted by Crippen LogP contribution is 2.28. The first-order valence-corrected chi connectivity index (χ1v) is 8.67. The van der Waals surface area contributed by atoms with Gasteiger partial charge in [0.05, 0.1) is 6.54 Å². The minimum atomic E-state index is -0.954. The number of benzene rings is 1. The van der Waals surface area contributed by atoms with Crippen molar-refractivity contribution < 1.29 is 14.4 Å². The van der Waals surface area contributed by atoms with E-state index in [0.717, 1.165) is 23.4 Å². The van der Waals surface area contributed by atoms with Crippen LogP contribution in [0, 0.1) is 0 Å². The van der Waals surface area contributed by atoms with Gasteiger partial charge in [-0.1, -0.05) is 37.3 Å². The Balaban J connectivity index is 1.61. The third-order valence-electron chi connectivity index (χ3n) is 4.84. The van der Waals surface area contributed by atoms with Crippen molar-refractivity contribution in [1.82, 2.24) is 20.7 Å². The first-order valence-electron chi connectivity index (χ1n) is 8.67. The maximum Gasteiger partial charge on any atom is 0.344 e. The van der Waals surface area contributed by atoms with Crippen LogP contribution in [0.4, 0.5) is 4.79 Å². The van der Waals surface area contributed by atoms with Gasteiger partial charge in [0.15, 0.2) is 0 Å². The molecule has 2 N–H and O–H groups in total. The lowest BCUT2D eigenvalue weighted by molar-refractivity contribution is -0.139. The van der Waals surface area contributed by atoms with Crippen LogP contribution in [0.2, 0.25) is 0 Å². The van der Waals surface area contributed by atoms with Crippen LogP contribution in [-0.4, -0.2) is 45.9 Å². The first-order chi connectivity index (χ1) is 11.9. The first kappa shape index (κ1) is 17.4. The Labute approximate surface area is 147 Å². The molecule has 2 aliphatic rings. The Morgan fingerprint density at radius 2 is 2.00 bits per heavy atom. The van der Waals surface area contributed by atoms with Crippen molar-refractivity contribution in [1.29, 1.82) is 0 Å². The Bertz CT molecular complexity index is 674. The van der Waals surface area contributed by atoms with Crippen LogP contribution in [-0.2, 0) is 16.1 Å². The van der Waals surface area contributed by atoms with Gasteiger partial charge < -0.3 is 5.32 Å². The third kappa shape index (κ3) is 3.82. The molecule has 0 bridgehead atoms. The number of carbonyl (C=O) groups excluding carboxylic acids is 3. The highest BCUT2D eigenvalue weighted by Gasteiger charge is 2.47. The molecule has 0 radical (unpaired) electrons. The predicted molar refractivity (Wildman–Crippen MR) is 92.1 cm³/mol. The van der Waals surface area contributed by atoms with E-state index in [4.69, 9.17) is 0 Å². The second kappa shape index (κ2) is 6.84. The van der Waals surface area contributed by atoms with Crippen molar-refractivity contribution in [2.75, 3.05) is 6.54 Å². The summed E-state index contributed by atoms with van der Waals surface area (Å²) in [6.07, 6.45) is 2.60. The van der Waals surface area contributed by atoms with Crippen molar-refractivity contribution >= 4 is 17.8 Å². The van der Waals surface area contributed by atoms with E-state index in [9.17, 15) is 14.4 Å². The lowest BCUT2D eigenvalue weighted by atomic mass is 10.00. The van der Waals surface area contributed by atoms with Gasteiger partial charge in [-0.2, -0.15) is 5.01 Å². The molecule has 1 heterocycles. The van der Waals surface area contributed by atoms with E-state index >= 15 is 0 Å². The average molecular weight is 344 g/mol. The topological polar surface area (TPSA) is 81.8 Å². The molecule has 0 spiro atoms. The molecule has 1 aliphatic heterocycles. The number of rotatable bonds is 7. The maximum absolute atomic E-state index is 12.4. The maximum atomic E-state index is 12.4. The summed E-state index contributed by atoms with van der Waals surface area (Å²) in [4.78, 5) is 38.8. The fourth-order valence-electron chi connectivity index (χ4n) is 2.94. The van der Waals surface area contributed by atoms with Gasteiger partial charge in [0.1, 0.15) is 5.54 Å². The van der Waals surface area contributed by atoms with Gasteiger partial charge in [-0.15, -0.1) is 0 Å². The highest BCUT2D eigenvalue weighted by molar-refractivity contribution is 6.07. The quantitative estimate of drug-likeness (QED) is 0.733. The normalized spacial score (nSPS) is 23.1. The summed E-state index contributed by atoms with van der Waals surface area (Å²) in [6, 6.07) is 9.76. The molecule has 1 aromatic carbocycles. The van der Waals surface area contributed by atoms with Gasteiger partial charge in [0.25, 0.3) is 11.8 Å². The van der Waals surface area contributed by atoms with Crippen molar-refractivity contribution in [3.05, 3.63) is 35.9 Å². The third-order valence-corrected chi connectivity index (χ3v) is 4.84. The van der Waals surface area contributed by atoms with E-state index in [0.29, 0.717) is 19.0 Å². The van der Waals surface area contributed by atoms with Gasteiger partial charge in [-0.05, 0) is 31.7 Å². The number of hydrazine groups is 1. The molecule has 1 aromatic rings. The molecular weight excluding hydrogens is 320 g/mol. The molecule has 1 unspecified atom stereocenters. The van der Waals surface area contributed by atoms with Crippen LogP contribution in [0.15, 0.2) is 30.3 Å². The summed E-state index contributed by atoms with van der Waals surface area (Å²) in [7, 11) is 0. The molecule has 3 rings (SSSR count). The summed E-state index contributed by atoms with van der Waals surface area (Å²) in [6.45, 7) is 4.30. The largest absolute Gasteiger partial charge is 0.344 e. The molecule has 2 fully saturated rings. The number of amides is 4. The van der Waals surface area contributed by atoms with Crippen molar-refractivity contribution in [3.8, 4) is 0 Å². The molecule has 7 heteroatoms. The van der Waals surface area contributed by atoms with Gasteiger partial charge in [0, 0.05) is 12.6 Å². The fraction of sp³-hybridized carbons (Fsp3) is 0.500. The number of hydrogen-bond acceptors (Lipinski definition) is 4. The van der Waals surface area contributed by atoms with E-state index in [1.54, 1.807) is 6.92 Å². The van der Waals surface area contributed by atoms with E-state index in [1.807, 2.05) is 37.3 Å². The summed E-state index contributed by atoms with van der Waals surface area (Å²) >= 11 is 0. The molecule has 1 saturated heterocycles. The van der Waals surface area contributed by atoms with Crippen LogP contribution >= 0.6 is 0 Å². The van der Waals surface area contributed by atoms with Crippen LogP contribution < -0.4 is 10.7 Å². The molecule has 1 aliphatic carbocycles. The molecule has 1 atom stereocenters. The summed E-state index contributed by atoms with van der Waals surface area (Å²) in [5.74, 6) is -0.777. The number of hydrogen-bond donors (Lipinski definition) is 2. The van der Waals surface area contributed by atoms with Crippen LogP contribution in [0.25, 0.3) is 0 Å². The van der Waals surface area contributed by atoms with Crippen LogP contribution in [0.1, 0.15) is 38.7 Å². The lowest BCUT2D eigenvalue weighted by Gasteiger charge is -2.23. The zero-order chi connectivity index (χ0) is 18.0. The van der Waals surface area contributed by atoms with E-state index in [1.165, 1.54) is 0 Å². The number of nitrogens with zero attached hydrogens (tertiary/aromatic N) is 2. The second-order valence-electron chi connectivity index (χ2n) is 6.91. The average Bonchev–Trinajstić information content (AvgIpc) is 3.41. The lowest BCUT2D eigenvalue weighted by Crippen LogP contribution is -2.51. The number of imide groups is 1. The molecule has 4 amide bonds. The number of carbonyl (C=O) groups is 3. The monoisotopic (exact) mass is 344 g/mol. The zero-order valence-electron chi connectivity index (χ0n) is 14.6. The van der Waals surface area contributed by atoms with Gasteiger partial charge >= 0.3 is 6.03 Å². The summed E-state index contributed by atoms with van der Waals surface area (Å²) in [5.41, 5.74) is 2.64. The van der Waals surface area contributed by atoms with Gasteiger partial charge in [0.2, 0.25) is 0 Å². The van der Waals surface area contributed by atoms with Crippen molar-refractivity contribution in [2.45, 2.75) is 51.2 Å². The van der Waals surface area contributed by atoms with E-state index in [2.05, 4.69) is 15.6 Å². The molecule has 0 aromatic heterocycles. The smallest absolute Gasteiger partial charge is 0.322 e. The Morgan fingerprint density at radius 3 is 2.56 bits per heavy atom. The second-order valence-corrected chi connectivity index (χ2v) is 6.91. The highest BCUT2D eigenvalue weighted by atomic mass is 16.2. The van der Waals surface area contributed by atoms with Crippen LogP contribution in [0.3, 0.4) is 0 Å². The van der Waals surface area contributed by atoms with E-state index in [-0.39, 0.29) is 12.5 Å². The zero-order valence-corrected chi connectivity index (χ0v) is 14.6. The minimum Gasteiger partial charge on any atom is -0.322 e. The standard InChI is InChI=1S/C18H24N4O3/c1-3-18(2)16(24)22(17(25)19-18)20-15(23)12-21(14-9-10-14)11-13-7-5-4-6-8-13/h4-8,14H,3,9-12H2,1-2H3,(H,19,25)(H,20,23). The SMILES string of the molecule is CCC1(C)NC(=O)N(NC(=O)CN(Cc2ccccc2)C2CC2)C1=O. The van der Waals surface area contributed by atoms with Gasteiger partial charge in [-0.25, -0.2) is 4.79 Å². The number of nitrogens with one attached hydrogen (secondary N) is 2.